The molecule has 0 unspecified atom stereocenters. The molecule has 1 amide bonds. The van der Waals surface area contributed by atoms with Crippen molar-refractivity contribution in [2.24, 2.45) is 12.0 Å². The van der Waals surface area contributed by atoms with E-state index in [9.17, 15) is 18.0 Å². The lowest BCUT2D eigenvalue weighted by Crippen LogP contribution is -2.27. The third-order valence-corrected chi connectivity index (χ3v) is 7.71. The van der Waals surface area contributed by atoms with Crippen LogP contribution in [-0.2, 0) is 19.8 Å². The van der Waals surface area contributed by atoms with E-state index in [1.165, 1.54) is 7.05 Å². The van der Waals surface area contributed by atoms with Crippen molar-refractivity contribution < 1.29 is 22.7 Å². The van der Waals surface area contributed by atoms with Crippen molar-refractivity contribution in [3.8, 4) is 17.0 Å². The number of aryl methyl sites for hydroxylation is 1. The van der Waals surface area contributed by atoms with Crippen molar-refractivity contribution in [3.63, 3.8) is 0 Å². The topological polar surface area (TPSA) is 89.6 Å². The molecular formula is C28H32F3N7O2. The summed E-state index contributed by atoms with van der Waals surface area (Å²) in [4.78, 5) is 18.1. The van der Waals surface area contributed by atoms with E-state index in [4.69, 9.17) is 9.84 Å². The van der Waals surface area contributed by atoms with Gasteiger partial charge in [-0.2, -0.15) is 23.4 Å². The van der Waals surface area contributed by atoms with E-state index >= 15 is 0 Å². The molecule has 0 spiro atoms. The molecule has 2 aliphatic rings. The molecule has 1 saturated carbocycles. The highest BCUT2D eigenvalue weighted by Gasteiger charge is 2.39. The lowest BCUT2D eigenvalue weighted by Gasteiger charge is -2.30. The minimum absolute atomic E-state index is 0.00996. The van der Waals surface area contributed by atoms with Crippen molar-refractivity contribution >= 4 is 18.7 Å². The molecule has 3 aromatic rings. The first-order chi connectivity index (χ1) is 19.0. The number of carbonyl (C=O) groups is 1. The number of aromatic nitrogens is 4. The molecule has 212 valence electrons. The fourth-order valence-electron chi connectivity index (χ4n) is 5.61. The SMILES string of the molecule is C=N/C(=C\c1c(C)c(-c2ccc3c(c2)CN(C)C3=O)nn1C1CCC(Oc2cnn(C)c2C(F)(F)F)CC1)NC. The number of amides is 1. The first-order valence-electron chi connectivity index (χ1n) is 13.1. The zero-order valence-electron chi connectivity index (χ0n) is 22.9. The van der Waals surface area contributed by atoms with Gasteiger partial charge in [-0.25, -0.2) is 4.99 Å². The van der Waals surface area contributed by atoms with Crippen LogP contribution in [0.25, 0.3) is 17.3 Å². The molecule has 12 heteroatoms. The molecule has 1 aromatic carbocycles. The van der Waals surface area contributed by atoms with Gasteiger partial charge in [0.2, 0.25) is 0 Å². The molecule has 0 saturated heterocycles. The molecule has 1 N–H and O–H groups in total. The van der Waals surface area contributed by atoms with Crippen LogP contribution in [0.3, 0.4) is 0 Å². The van der Waals surface area contributed by atoms with Crippen LogP contribution in [0.2, 0.25) is 0 Å². The third-order valence-electron chi connectivity index (χ3n) is 7.71. The minimum Gasteiger partial charge on any atom is -0.486 e. The molecule has 40 heavy (non-hydrogen) atoms. The van der Waals surface area contributed by atoms with Crippen LogP contribution in [0.15, 0.2) is 35.2 Å². The Labute approximate surface area is 230 Å². The van der Waals surface area contributed by atoms with Crippen LogP contribution in [0.5, 0.6) is 5.75 Å². The number of nitrogens with one attached hydrogen (secondary N) is 1. The van der Waals surface area contributed by atoms with Gasteiger partial charge >= 0.3 is 6.18 Å². The fraction of sp³-hybridized carbons (Fsp3) is 0.429. The number of fused-ring (bicyclic) bond motifs is 1. The zero-order valence-corrected chi connectivity index (χ0v) is 22.9. The van der Waals surface area contributed by atoms with Crippen LogP contribution in [0.1, 0.15) is 64.6 Å². The highest BCUT2D eigenvalue weighted by Crippen LogP contribution is 2.39. The number of halogens is 3. The Hall–Kier alpha value is -4.09. The number of carbonyl (C=O) groups excluding carboxylic acids is 1. The van der Waals surface area contributed by atoms with Crippen molar-refractivity contribution in [1.29, 1.82) is 0 Å². The molecule has 3 heterocycles. The maximum absolute atomic E-state index is 13.5. The smallest absolute Gasteiger partial charge is 0.436 e. The average molecular weight is 556 g/mol. The standard InChI is InChI=1S/C28H32F3N7O2/c1-16-22(13-24(32-2)33-3)38(35-25(16)17-6-11-21-18(12-17)15-36(4)27(21)39)19-7-9-20(10-8-19)40-23-14-34-37(5)26(23)28(29,30)31/h6,11-14,19-20,33H,2,7-10,15H2,1,3-5H3/b24-13+. The van der Waals surface area contributed by atoms with Gasteiger partial charge in [-0.1, -0.05) is 6.07 Å². The number of aliphatic imine (C=N–C) groups is 1. The van der Waals surface area contributed by atoms with Gasteiger partial charge in [0.1, 0.15) is 5.82 Å². The van der Waals surface area contributed by atoms with E-state index in [2.05, 4.69) is 22.1 Å². The van der Waals surface area contributed by atoms with Gasteiger partial charge in [0.25, 0.3) is 5.91 Å². The Kier molecular flexibility index (Phi) is 7.19. The summed E-state index contributed by atoms with van der Waals surface area (Å²) in [6, 6.07) is 5.81. The Bertz CT molecular complexity index is 1480. The molecule has 0 radical (unpaired) electrons. The van der Waals surface area contributed by atoms with Crippen LogP contribution in [-0.4, -0.2) is 57.3 Å². The molecule has 5 rings (SSSR count). The van der Waals surface area contributed by atoms with Crippen LogP contribution in [0.4, 0.5) is 13.2 Å². The van der Waals surface area contributed by atoms with Gasteiger partial charge < -0.3 is 15.0 Å². The van der Waals surface area contributed by atoms with E-state index in [1.807, 2.05) is 35.9 Å². The van der Waals surface area contributed by atoms with E-state index in [0.717, 1.165) is 39.0 Å². The van der Waals surface area contributed by atoms with E-state index < -0.39 is 11.9 Å². The summed E-state index contributed by atoms with van der Waals surface area (Å²) in [5, 5.41) is 11.8. The predicted molar refractivity (Wildman–Crippen MR) is 145 cm³/mol. The second-order valence-electron chi connectivity index (χ2n) is 10.3. The molecule has 0 bridgehead atoms. The molecule has 9 nitrogen and oxygen atoms in total. The molecule has 1 aliphatic carbocycles. The molecule has 2 aromatic heterocycles. The molecule has 0 atom stereocenters. The molecule has 1 fully saturated rings. The van der Waals surface area contributed by atoms with Crippen molar-refractivity contribution in [3.05, 3.63) is 58.3 Å². The van der Waals surface area contributed by atoms with Crippen molar-refractivity contribution in [2.75, 3.05) is 14.1 Å². The maximum Gasteiger partial charge on any atom is 0.436 e. The number of nitrogens with zero attached hydrogens (tertiary/aromatic N) is 6. The largest absolute Gasteiger partial charge is 0.486 e. The van der Waals surface area contributed by atoms with Crippen molar-refractivity contribution in [1.82, 2.24) is 29.8 Å². The van der Waals surface area contributed by atoms with Gasteiger partial charge in [-0.05, 0) is 57.0 Å². The number of alkyl halides is 3. The summed E-state index contributed by atoms with van der Waals surface area (Å²) in [6.45, 7) is 6.20. The Morgan fingerprint density at radius 1 is 1.23 bits per heavy atom. The van der Waals surface area contributed by atoms with Crippen LogP contribution in [0, 0.1) is 6.92 Å². The predicted octanol–water partition coefficient (Wildman–Crippen LogP) is 4.98. The normalized spacial score (nSPS) is 19.6. The summed E-state index contributed by atoms with van der Waals surface area (Å²) in [5.74, 6) is 0.358. The number of hydrogen-bond acceptors (Lipinski definition) is 6. The Morgan fingerprint density at radius 3 is 2.60 bits per heavy atom. The lowest BCUT2D eigenvalue weighted by molar-refractivity contribution is -0.145. The third kappa shape index (κ3) is 4.98. The Balaban J connectivity index is 1.42. The van der Waals surface area contributed by atoms with Gasteiger partial charge in [-0.3, -0.25) is 14.2 Å². The van der Waals surface area contributed by atoms with E-state index in [1.54, 1.807) is 19.0 Å². The van der Waals surface area contributed by atoms with Crippen molar-refractivity contribution in [2.45, 2.75) is 57.5 Å². The highest BCUT2D eigenvalue weighted by molar-refractivity contribution is 5.98. The number of hydrogen-bond donors (Lipinski definition) is 1. The molecule has 1 aliphatic heterocycles. The first-order valence-corrected chi connectivity index (χ1v) is 13.1. The molecular weight excluding hydrogens is 523 g/mol. The van der Waals surface area contributed by atoms with Gasteiger partial charge in [0.15, 0.2) is 11.4 Å². The average Bonchev–Trinajstić information content (AvgIpc) is 3.55. The zero-order chi connectivity index (χ0) is 28.8. The second kappa shape index (κ2) is 10.5. The van der Waals surface area contributed by atoms with E-state index in [-0.39, 0.29) is 23.8 Å². The van der Waals surface area contributed by atoms with E-state index in [0.29, 0.717) is 43.6 Å². The number of rotatable bonds is 7. The summed E-state index contributed by atoms with van der Waals surface area (Å²) < 4.78 is 49.0. The first kappa shape index (κ1) is 27.5. The minimum atomic E-state index is -4.55. The Morgan fingerprint density at radius 2 is 1.95 bits per heavy atom. The summed E-state index contributed by atoms with van der Waals surface area (Å²) in [5.41, 5.74) is 4.34. The maximum atomic E-state index is 13.5. The number of ether oxygens (including phenoxy) is 1. The van der Waals surface area contributed by atoms with Crippen LogP contribution >= 0.6 is 0 Å². The number of benzene rings is 1. The quantitative estimate of drug-likeness (QED) is 0.416. The summed E-state index contributed by atoms with van der Waals surface area (Å²) in [7, 11) is 4.81. The van der Waals surface area contributed by atoms with Gasteiger partial charge in [-0.15, -0.1) is 0 Å². The second-order valence-corrected chi connectivity index (χ2v) is 10.3. The lowest BCUT2D eigenvalue weighted by atomic mass is 9.92. The fourth-order valence-corrected chi connectivity index (χ4v) is 5.61. The van der Waals surface area contributed by atoms with Gasteiger partial charge in [0, 0.05) is 50.5 Å². The monoisotopic (exact) mass is 555 g/mol. The summed E-state index contributed by atoms with van der Waals surface area (Å²) in [6.07, 6.45) is 0.612. The highest BCUT2D eigenvalue weighted by atomic mass is 19.4. The van der Waals surface area contributed by atoms with Gasteiger partial charge in [0.05, 0.1) is 29.7 Å². The summed E-state index contributed by atoms with van der Waals surface area (Å²) >= 11 is 0. The van der Waals surface area contributed by atoms with Crippen LogP contribution < -0.4 is 10.1 Å².